The van der Waals surface area contributed by atoms with Gasteiger partial charge < -0.3 is 4.57 Å². The lowest BCUT2D eigenvalue weighted by Gasteiger charge is -2.06. The van der Waals surface area contributed by atoms with Crippen LogP contribution in [0.1, 0.15) is 36.1 Å². The van der Waals surface area contributed by atoms with Crippen molar-refractivity contribution in [2.75, 3.05) is 0 Å². The van der Waals surface area contributed by atoms with E-state index in [2.05, 4.69) is 38.2 Å². The fourth-order valence-corrected chi connectivity index (χ4v) is 3.60. The van der Waals surface area contributed by atoms with Gasteiger partial charge in [0.25, 0.3) is 0 Å². The van der Waals surface area contributed by atoms with Crippen LogP contribution in [0, 0.1) is 6.92 Å². The second kappa shape index (κ2) is 6.20. The van der Waals surface area contributed by atoms with Crippen LogP contribution in [0.5, 0.6) is 0 Å². The Kier molecular flexibility index (Phi) is 3.91. The highest BCUT2D eigenvalue weighted by atomic mass is 32.2. The lowest BCUT2D eigenvalue weighted by Crippen LogP contribution is -2.02. The Bertz CT molecular complexity index is 788. The molecule has 0 N–H and O–H groups in total. The maximum absolute atomic E-state index is 4.44. The summed E-state index contributed by atoms with van der Waals surface area (Å²) < 4.78 is 4.23. The van der Waals surface area contributed by atoms with Crippen LogP contribution in [0.25, 0.3) is 5.69 Å². The van der Waals surface area contributed by atoms with Crippen LogP contribution >= 0.6 is 11.8 Å². The van der Waals surface area contributed by atoms with Crippen molar-refractivity contribution in [1.82, 2.24) is 24.5 Å². The van der Waals surface area contributed by atoms with Gasteiger partial charge in [-0.1, -0.05) is 18.2 Å². The van der Waals surface area contributed by atoms with Gasteiger partial charge in [0.15, 0.2) is 0 Å². The van der Waals surface area contributed by atoms with Crippen LogP contribution in [0.3, 0.4) is 0 Å². The third-order valence-electron chi connectivity index (χ3n) is 4.01. The van der Waals surface area contributed by atoms with E-state index in [0.717, 1.165) is 28.8 Å². The number of nitrogens with zero attached hydrogens (tertiary/aromatic N) is 5. The summed E-state index contributed by atoms with van der Waals surface area (Å²) in [5.74, 6) is 3.97. The molecule has 5 nitrogen and oxygen atoms in total. The summed E-state index contributed by atoms with van der Waals surface area (Å²) in [4.78, 5) is 0. The van der Waals surface area contributed by atoms with Gasteiger partial charge in [0.1, 0.15) is 11.6 Å². The van der Waals surface area contributed by atoms with Crippen LogP contribution in [-0.2, 0) is 11.5 Å². The summed E-state index contributed by atoms with van der Waals surface area (Å²) in [6.07, 6.45) is 6.57. The maximum atomic E-state index is 4.44. The predicted molar refractivity (Wildman–Crippen MR) is 91.6 cm³/mol. The first-order valence-corrected chi connectivity index (χ1v) is 9.04. The van der Waals surface area contributed by atoms with E-state index in [9.17, 15) is 0 Å². The number of aryl methyl sites for hydroxylation is 1. The topological polar surface area (TPSA) is 48.5 Å². The molecule has 118 valence electrons. The van der Waals surface area contributed by atoms with Crippen molar-refractivity contribution in [3.8, 4) is 5.69 Å². The molecule has 0 atom stereocenters. The molecule has 2 aromatic heterocycles. The highest BCUT2D eigenvalue weighted by Gasteiger charge is 2.27. The van der Waals surface area contributed by atoms with E-state index < -0.39 is 0 Å². The lowest BCUT2D eigenvalue weighted by atomic mass is 10.3. The minimum absolute atomic E-state index is 0.640. The molecule has 1 aliphatic rings. The third kappa shape index (κ3) is 3.17. The average molecular weight is 325 g/mol. The molecular weight excluding hydrogens is 306 g/mol. The average Bonchev–Trinajstić information content (AvgIpc) is 3.18. The first kappa shape index (κ1) is 14.5. The fourth-order valence-electron chi connectivity index (χ4n) is 2.74. The Morgan fingerprint density at radius 2 is 1.96 bits per heavy atom. The van der Waals surface area contributed by atoms with E-state index in [0.29, 0.717) is 6.04 Å². The zero-order valence-electron chi connectivity index (χ0n) is 13.1. The van der Waals surface area contributed by atoms with Crippen LogP contribution < -0.4 is 0 Å². The van der Waals surface area contributed by atoms with Gasteiger partial charge in [-0.2, -0.15) is 5.10 Å². The van der Waals surface area contributed by atoms with Crippen molar-refractivity contribution in [2.24, 2.45) is 0 Å². The number of aromatic nitrogens is 5. The number of hydrogen-bond donors (Lipinski definition) is 0. The van der Waals surface area contributed by atoms with Gasteiger partial charge in [-0.15, -0.1) is 22.0 Å². The van der Waals surface area contributed by atoms with E-state index in [1.54, 1.807) is 0 Å². The van der Waals surface area contributed by atoms with E-state index >= 15 is 0 Å². The summed E-state index contributed by atoms with van der Waals surface area (Å²) in [7, 11) is 0. The van der Waals surface area contributed by atoms with Crippen molar-refractivity contribution in [3.05, 3.63) is 59.9 Å². The van der Waals surface area contributed by atoms with Crippen molar-refractivity contribution in [3.63, 3.8) is 0 Å². The number of benzene rings is 1. The molecule has 1 saturated carbocycles. The highest BCUT2D eigenvalue weighted by Crippen LogP contribution is 2.37. The zero-order valence-corrected chi connectivity index (χ0v) is 13.9. The molecule has 23 heavy (non-hydrogen) atoms. The molecule has 1 aromatic carbocycles. The van der Waals surface area contributed by atoms with Gasteiger partial charge in [-0.3, -0.25) is 0 Å². The number of rotatable bonds is 6. The third-order valence-corrected chi connectivity index (χ3v) is 5.01. The van der Waals surface area contributed by atoms with Crippen LogP contribution in [0.2, 0.25) is 0 Å². The molecule has 1 aliphatic carbocycles. The Morgan fingerprint density at radius 3 is 2.74 bits per heavy atom. The minimum Gasteiger partial charge on any atom is -0.311 e. The smallest absolute Gasteiger partial charge is 0.143 e. The molecule has 2 heterocycles. The van der Waals surface area contributed by atoms with E-state index in [4.69, 9.17) is 0 Å². The lowest BCUT2D eigenvalue weighted by molar-refractivity contribution is 0.683. The Balaban J connectivity index is 1.38. The molecule has 0 saturated heterocycles. The van der Waals surface area contributed by atoms with Crippen molar-refractivity contribution < 1.29 is 0 Å². The second-order valence-electron chi connectivity index (χ2n) is 5.89. The standard InChI is InChI=1S/C17H19N5S/c1-13-19-20-17(22(13)16-7-8-16)12-23-11-14-9-18-21(10-14)15-5-3-2-4-6-15/h2-6,9-10,16H,7-8,11-12H2,1H3. The monoisotopic (exact) mass is 325 g/mol. The number of para-hydroxylation sites is 1. The molecule has 0 bridgehead atoms. The van der Waals surface area contributed by atoms with Gasteiger partial charge in [-0.25, -0.2) is 4.68 Å². The van der Waals surface area contributed by atoms with Gasteiger partial charge in [0.2, 0.25) is 0 Å². The first-order chi connectivity index (χ1) is 11.3. The van der Waals surface area contributed by atoms with Gasteiger partial charge in [-0.05, 0) is 31.9 Å². The molecule has 6 heteroatoms. The Morgan fingerprint density at radius 1 is 1.13 bits per heavy atom. The summed E-state index contributed by atoms with van der Waals surface area (Å²) >= 11 is 1.86. The summed E-state index contributed by atoms with van der Waals surface area (Å²) in [5, 5.41) is 13.0. The first-order valence-electron chi connectivity index (χ1n) is 7.88. The molecule has 0 unspecified atom stereocenters. The molecule has 1 fully saturated rings. The molecule has 4 rings (SSSR count). The largest absolute Gasteiger partial charge is 0.311 e. The van der Waals surface area contributed by atoms with Crippen molar-refractivity contribution in [1.29, 1.82) is 0 Å². The van der Waals surface area contributed by atoms with Gasteiger partial charge >= 0.3 is 0 Å². The fraction of sp³-hybridized carbons (Fsp3) is 0.353. The zero-order chi connectivity index (χ0) is 15.6. The van der Waals surface area contributed by atoms with Crippen molar-refractivity contribution in [2.45, 2.75) is 37.3 Å². The highest BCUT2D eigenvalue weighted by molar-refractivity contribution is 7.97. The van der Waals surface area contributed by atoms with E-state index in [1.807, 2.05) is 47.8 Å². The SMILES string of the molecule is Cc1nnc(CSCc2cnn(-c3ccccc3)c2)n1C1CC1. The minimum atomic E-state index is 0.640. The molecule has 0 amide bonds. The Hall–Kier alpha value is -2.08. The number of thioether (sulfide) groups is 1. The summed E-state index contributed by atoms with van der Waals surface area (Å²) in [6.45, 7) is 2.05. The van der Waals surface area contributed by atoms with Crippen LogP contribution in [-0.4, -0.2) is 24.5 Å². The van der Waals surface area contributed by atoms with Crippen molar-refractivity contribution >= 4 is 11.8 Å². The molecular formula is C17H19N5S. The van der Waals surface area contributed by atoms with Crippen LogP contribution in [0.4, 0.5) is 0 Å². The molecule has 3 aromatic rings. The second-order valence-corrected chi connectivity index (χ2v) is 6.87. The normalized spacial score (nSPS) is 14.3. The molecule has 0 radical (unpaired) electrons. The van der Waals surface area contributed by atoms with E-state index in [-0.39, 0.29) is 0 Å². The summed E-state index contributed by atoms with van der Waals surface area (Å²) in [6, 6.07) is 10.8. The predicted octanol–water partition coefficient (Wildman–Crippen LogP) is 3.54. The Labute approximate surface area is 139 Å². The summed E-state index contributed by atoms with van der Waals surface area (Å²) in [5.41, 5.74) is 2.32. The quantitative estimate of drug-likeness (QED) is 0.695. The number of hydrogen-bond acceptors (Lipinski definition) is 4. The molecule has 0 aliphatic heterocycles. The van der Waals surface area contributed by atoms with Gasteiger partial charge in [0.05, 0.1) is 17.6 Å². The maximum Gasteiger partial charge on any atom is 0.143 e. The van der Waals surface area contributed by atoms with Crippen LogP contribution in [0.15, 0.2) is 42.7 Å². The van der Waals surface area contributed by atoms with Gasteiger partial charge in [0, 0.05) is 23.6 Å². The van der Waals surface area contributed by atoms with E-state index in [1.165, 1.54) is 18.4 Å². The molecule has 0 spiro atoms.